The number of carboxylic acids is 1. The number of aliphatic carboxylic acids is 1. The molecule has 2 atom stereocenters. The summed E-state index contributed by atoms with van der Waals surface area (Å²) in [7, 11) is 1.42. The van der Waals surface area contributed by atoms with E-state index in [1.165, 1.54) is 18.9 Å². The number of carbonyl (C=O) groups is 2. The van der Waals surface area contributed by atoms with Gasteiger partial charge in [0.1, 0.15) is 18.4 Å². The number of hydrogen-bond acceptors (Lipinski definition) is 4. The fourth-order valence-electron chi connectivity index (χ4n) is 1.92. The molecule has 1 saturated heterocycles. The number of carboxylic acid groups (broad SMARTS) is 1. The Labute approximate surface area is 86.1 Å². The summed E-state index contributed by atoms with van der Waals surface area (Å²) in [6.45, 7) is 1.82. The molecule has 0 saturated carbocycles. The Kier molecular flexibility index (Phi) is 2.15. The Balaban J connectivity index is 2.32. The summed E-state index contributed by atoms with van der Waals surface area (Å²) in [4.78, 5) is 23.7. The number of rotatable bonds is 2. The molecule has 2 rings (SSSR count). The third-order valence-corrected chi connectivity index (χ3v) is 2.66. The number of β-lactam (4-membered cyclic amide) rings is 1. The molecule has 0 spiro atoms. The van der Waals surface area contributed by atoms with Crippen LogP contribution in [0.3, 0.4) is 0 Å². The van der Waals surface area contributed by atoms with Crippen LogP contribution in [0.15, 0.2) is 11.5 Å². The van der Waals surface area contributed by atoms with Gasteiger partial charge in [0.25, 0.3) is 5.91 Å². The number of hydrogen-bond donors (Lipinski definition) is 1. The molecular weight excluding hydrogens is 202 g/mol. The van der Waals surface area contributed by atoms with Crippen LogP contribution in [0.1, 0.15) is 6.92 Å². The van der Waals surface area contributed by atoms with Crippen molar-refractivity contribution in [1.29, 1.82) is 0 Å². The van der Waals surface area contributed by atoms with E-state index in [4.69, 9.17) is 14.6 Å². The molecule has 0 radical (unpaired) electrons. The summed E-state index contributed by atoms with van der Waals surface area (Å²) in [5.74, 6) is -1.20. The van der Waals surface area contributed by atoms with Gasteiger partial charge in [-0.25, -0.2) is 4.79 Å². The Morgan fingerprint density at radius 3 is 2.87 bits per heavy atom. The van der Waals surface area contributed by atoms with E-state index < -0.39 is 12.1 Å². The maximum Gasteiger partial charge on any atom is 0.356 e. The lowest BCUT2D eigenvalue weighted by atomic mass is 9.95. The second-order valence-electron chi connectivity index (χ2n) is 3.45. The zero-order valence-electron chi connectivity index (χ0n) is 8.39. The fraction of sp³-hybridized carbons (Fsp3) is 0.556. The molecule has 0 aliphatic carbocycles. The van der Waals surface area contributed by atoms with Crippen molar-refractivity contribution in [3.05, 3.63) is 11.5 Å². The largest absolute Gasteiger partial charge is 0.493 e. The standard InChI is InChI=1S/C9H11NO5/c1-4-6(9(12)13)10-5(3-15-4)7(14-2)8(10)11/h5,7H,3H2,1-2H3,(H,12,13)/t5-,7+/m1/s1. The van der Waals surface area contributed by atoms with Gasteiger partial charge in [-0.2, -0.15) is 0 Å². The van der Waals surface area contributed by atoms with Crippen LogP contribution in [0.5, 0.6) is 0 Å². The van der Waals surface area contributed by atoms with Crippen molar-refractivity contribution in [2.45, 2.75) is 19.1 Å². The zero-order chi connectivity index (χ0) is 11.2. The van der Waals surface area contributed by atoms with Crippen molar-refractivity contribution >= 4 is 11.9 Å². The van der Waals surface area contributed by atoms with Crippen LogP contribution in [0, 0.1) is 0 Å². The van der Waals surface area contributed by atoms with Gasteiger partial charge in [0.2, 0.25) is 0 Å². The Hall–Kier alpha value is -1.56. The van der Waals surface area contributed by atoms with Crippen LogP contribution in [0.2, 0.25) is 0 Å². The van der Waals surface area contributed by atoms with Crippen molar-refractivity contribution < 1.29 is 24.2 Å². The van der Waals surface area contributed by atoms with E-state index in [0.717, 1.165) is 0 Å². The van der Waals surface area contributed by atoms with Crippen LogP contribution in [0.25, 0.3) is 0 Å². The van der Waals surface area contributed by atoms with E-state index in [0.29, 0.717) is 0 Å². The molecule has 2 aliphatic rings. The predicted molar refractivity (Wildman–Crippen MR) is 47.7 cm³/mol. The molecule has 82 valence electrons. The van der Waals surface area contributed by atoms with Gasteiger partial charge in [-0.1, -0.05) is 0 Å². The third-order valence-electron chi connectivity index (χ3n) is 2.66. The molecule has 6 heteroatoms. The SMILES string of the molecule is CO[C@@H]1C(=O)N2C(C(=O)O)=C(C)OC[C@H]12. The monoisotopic (exact) mass is 213 g/mol. The minimum absolute atomic E-state index is 0.0791. The van der Waals surface area contributed by atoms with Crippen LogP contribution in [-0.4, -0.2) is 47.7 Å². The Morgan fingerprint density at radius 2 is 2.33 bits per heavy atom. The summed E-state index contributed by atoms with van der Waals surface area (Å²) in [5.41, 5.74) is -0.0791. The molecule has 0 unspecified atom stereocenters. The lowest BCUT2D eigenvalue weighted by Gasteiger charge is -2.48. The van der Waals surface area contributed by atoms with Gasteiger partial charge in [0.15, 0.2) is 11.8 Å². The molecule has 0 aromatic heterocycles. The van der Waals surface area contributed by atoms with Crippen molar-refractivity contribution in [3.8, 4) is 0 Å². The van der Waals surface area contributed by atoms with E-state index in [1.807, 2.05) is 0 Å². The van der Waals surface area contributed by atoms with E-state index in [9.17, 15) is 9.59 Å². The second-order valence-corrected chi connectivity index (χ2v) is 3.45. The first-order valence-electron chi connectivity index (χ1n) is 4.50. The van der Waals surface area contributed by atoms with Crippen molar-refractivity contribution in [2.24, 2.45) is 0 Å². The minimum atomic E-state index is -1.15. The van der Waals surface area contributed by atoms with E-state index in [-0.39, 0.29) is 30.0 Å². The van der Waals surface area contributed by atoms with Crippen LogP contribution in [0.4, 0.5) is 0 Å². The van der Waals surface area contributed by atoms with Gasteiger partial charge in [0, 0.05) is 7.11 Å². The van der Waals surface area contributed by atoms with Gasteiger partial charge < -0.3 is 14.6 Å². The quantitative estimate of drug-likeness (QED) is 0.629. The first-order chi connectivity index (χ1) is 7.07. The lowest BCUT2D eigenvalue weighted by Crippen LogP contribution is -2.68. The third kappa shape index (κ3) is 1.21. The number of ether oxygens (including phenoxy) is 2. The molecule has 1 N–H and O–H groups in total. The van der Waals surface area contributed by atoms with Gasteiger partial charge in [-0.05, 0) is 6.92 Å². The van der Waals surface area contributed by atoms with Crippen LogP contribution < -0.4 is 0 Å². The molecule has 15 heavy (non-hydrogen) atoms. The molecule has 1 amide bonds. The molecule has 2 aliphatic heterocycles. The van der Waals surface area contributed by atoms with E-state index in [1.54, 1.807) is 0 Å². The number of fused-ring (bicyclic) bond motifs is 1. The maximum atomic E-state index is 11.5. The van der Waals surface area contributed by atoms with E-state index in [2.05, 4.69) is 0 Å². The maximum absolute atomic E-state index is 11.5. The summed E-state index contributed by atoms with van der Waals surface area (Å²) in [6.07, 6.45) is -0.576. The Bertz CT molecular complexity index is 362. The summed E-state index contributed by atoms with van der Waals surface area (Å²) < 4.78 is 10.1. The normalized spacial score (nSPS) is 29.5. The summed E-state index contributed by atoms with van der Waals surface area (Å²) >= 11 is 0. The molecule has 1 fully saturated rings. The predicted octanol–water partition coefficient (Wildman–Crippen LogP) is -0.442. The highest BCUT2D eigenvalue weighted by atomic mass is 16.5. The number of nitrogens with zero attached hydrogens (tertiary/aromatic N) is 1. The highest BCUT2D eigenvalue weighted by Gasteiger charge is 2.53. The highest BCUT2D eigenvalue weighted by Crippen LogP contribution is 2.33. The second kappa shape index (κ2) is 3.23. The lowest BCUT2D eigenvalue weighted by molar-refractivity contribution is -0.177. The van der Waals surface area contributed by atoms with E-state index >= 15 is 0 Å². The minimum Gasteiger partial charge on any atom is -0.493 e. The number of methoxy groups -OCH3 is 1. The zero-order valence-corrected chi connectivity index (χ0v) is 8.39. The number of allylic oxidation sites excluding steroid dienone is 1. The summed E-state index contributed by atoms with van der Waals surface area (Å²) in [5, 5.41) is 8.93. The number of amides is 1. The first kappa shape index (κ1) is 9.97. The van der Waals surface area contributed by atoms with Crippen LogP contribution >= 0.6 is 0 Å². The van der Waals surface area contributed by atoms with Gasteiger partial charge in [-0.3, -0.25) is 9.69 Å². The molecule has 0 bridgehead atoms. The number of carbonyl (C=O) groups excluding carboxylic acids is 1. The van der Waals surface area contributed by atoms with Gasteiger partial charge >= 0.3 is 5.97 Å². The molecule has 6 nitrogen and oxygen atoms in total. The van der Waals surface area contributed by atoms with Crippen molar-refractivity contribution in [2.75, 3.05) is 13.7 Å². The highest BCUT2D eigenvalue weighted by molar-refractivity contribution is 5.99. The smallest absolute Gasteiger partial charge is 0.356 e. The molecular formula is C9H11NO5. The molecule has 0 aromatic rings. The molecule has 2 heterocycles. The topological polar surface area (TPSA) is 76.1 Å². The fourth-order valence-corrected chi connectivity index (χ4v) is 1.92. The first-order valence-corrected chi connectivity index (χ1v) is 4.50. The van der Waals surface area contributed by atoms with Crippen molar-refractivity contribution in [3.63, 3.8) is 0 Å². The molecule has 0 aromatic carbocycles. The average Bonchev–Trinajstić information content (AvgIpc) is 2.18. The summed E-state index contributed by atoms with van der Waals surface area (Å²) in [6, 6.07) is -0.308. The van der Waals surface area contributed by atoms with Crippen molar-refractivity contribution in [1.82, 2.24) is 4.90 Å². The van der Waals surface area contributed by atoms with Crippen LogP contribution in [-0.2, 0) is 19.1 Å². The average molecular weight is 213 g/mol. The van der Waals surface area contributed by atoms with Gasteiger partial charge in [0.05, 0.1) is 0 Å². The Morgan fingerprint density at radius 1 is 1.67 bits per heavy atom. The van der Waals surface area contributed by atoms with Gasteiger partial charge in [-0.15, -0.1) is 0 Å².